The lowest BCUT2D eigenvalue weighted by atomic mass is 10.1. The summed E-state index contributed by atoms with van der Waals surface area (Å²) >= 11 is 0. The smallest absolute Gasteiger partial charge is 0.253 e. The number of benzene rings is 3. The zero-order chi connectivity index (χ0) is 19.1. The van der Waals surface area contributed by atoms with E-state index in [1.165, 1.54) is 0 Å². The standard InChI is InChI=1S/C22H20N2O3/c1-27-19-14-12-17(13-15-19)22(26)24-21(23-18-10-6-3-7-11-18)20(25)16-8-4-2-5-9-16/h2-15,21,23H,1H3,(H,24,26)/t21-/m1/s1. The molecule has 2 N–H and O–H groups in total. The number of Topliss-reactive ketones (excluding diaryl/α,β-unsaturated/α-hetero) is 1. The first-order valence-electron chi connectivity index (χ1n) is 8.53. The van der Waals surface area contributed by atoms with E-state index in [-0.39, 0.29) is 11.7 Å². The van der Waals surface area contributed by atoms with Crippen molar-refractivity contribution in [1.82, 2.24) is 5.32 Å². The van der Waals surface area contributed by atoms with Crippen LogP contribution in [0.15, 0.2) is 84.9 Å². The molecule has 0 aliphatic heterocycles. The largest absolute Gasteiger partial charge is 0.497 e. The first kappa shape index (κ1) is 18.2. The van der Waals surface area contributed by atoms with Crippen molar-refractivity contribution in [2.24, 2.45) is 0 Å². The Morgan fingerprint density at radius 2 is 1.37 bits per heavy atom. The van der Waals surface area contributed by atoms with Crippen LogP contribution in [-0.2, 0) is 0 Å². The maximum absolute atomic E-state index is 12.9. The van der Waals surface area contributed by atoms with Crippen molar-refractivity contribution in [2.75, 3.05) is 12.4 Å². The Labute approximate surface area is 158 Å². The maximum atomic E-state index is 12.9. The van der Waals surface area contributed by atoms with Gasteiger partial charge in [0.1, 0.15) is 5.75 Å². The normalized spacial score (nSPS) is 11.3. The van der Waals surface area contributed by atoms with Crippen LogP contribution in [0, 0.1) is 0 Å². The predicted molar refractivity (Wildman–Crippen MR) is 105 cm³/mol. The zero-order valence-electron chi connectivity index (χ0n) is 14.9. The van der Waals surface area contributed by atoms with Crippen LogP contribution in [0.25, 0.3) is 0 Å². The van der Waals surface area contributed by atoms with Gasteiger partial charge in [0, 0.05) is 16.8 Å². The molecular formula is C22H20N2O3. The molecule has 136 valence electrons. The summed E-state index contributed by atoms with van der Waals surface area (Å²) in [5.74, 6) is 0.0857. The number of ether oxygens (including phenoxy) is 1. The van der Waals surface area contributed by atoms with Crippen molar-refractivity contribution in [3.63, 3.8) is 0 Å². The Balaban J connectivity index is 1.82. The zero-order valence-corrected chi connectivity index (χ0v) is 14.9. The fourth-order valence-electron chi connectivity index (χ4n) is 2.59. The highest BCUT2D eigenvalue weighted by molar-refractivity contribution is 6.05. The van der Waals surface area contributed by atoms with E-state index in [4.69, 9.17) is 4.74 Å². The van der Waals surface area contributed by atoms with Gasteiger partial charge in [0.05, 0.1) is 7.11 Å². The highest BCUT2D eigenvalue weighted by atomic mass is 16.5. The van der Waals surface area contributed by atoms with Gasteiger partial charge in [-0.1, -0.05) is 48.5 Å². The van der Waals surface area contributed by atoms with Crippen molar-refractivity contribution >= 4 is 17.4 Å². The summed E-state index contributed by atoms with van der Waals surface area (Å²) in [5.41, 5.74) is 1.69. The Morgan fingerprint density at radius 3 is 1.96 bits per heavy atom. The SMILES string of the molecule is COc1ccc(C(=O)N[C@@H](Nc2ccccc2)C(=O)c2ccccc2)cc1. The molecule has 0 bridgehead atoms. The van der Waals surface area contributed by atoms with Gasteiger partial charge in [-0.2, -0.15) is 0 Å². The van der Waals surface area contributed by atoms with Crippen molar-refractivity contribution in [2.45, 2.75) is 6.17 Å². The number of hydrogen-bond donors (Lipinski definition) is 2. The minimum atomic E-state index is -0.899. The molecule has 0 saturated carbocycles. The summed E-state index contributed by atoms with van der Waals surface area (Å²) < 4.78 is 5.11. The molecular weight excluding hydrogens is 340 g/mol. The molecule has 1 atom stereocenters. The number of ketones is 1. The predicted octanol–water partition coefficient (Wildman–Crippen LogP) is 3.75. The summed E-state index contributed by atoms with van der Waals surface area (Å²) in [6.07, 6.45) is -0.899. The van der Waals surface area contributed by atoms with E-state index < -0.39 is 6.17 Å². The second-order valence-corrected chi connectivity index (χ2v) is 5.88. The average Bonchev–Trinajstić information content (AvgIpc) is 2.74. The summed E-state index contributed by atoms with van der Waals surface area (Å²) in [6.45, 7) is 0. The van der Waals surface area contributed by atoms with Gasteiger partial charge in [-0.15, -0.1) is 0 Å². The maximum Gasteiger partial charge on any atom is 0.253 e. The van der Waals surface area contributed by atoms with Crippen LogP contribution >= 0.6 is 0 Å². The topological polar surface area (TPSA) is 67.4 Å². The molecule has 0 radical (unpaired) electrons. The summed E-state index contributed by atoms with van der Waals surface area (Å²) in [4.78, 5) is 25.6. The van der Waals surface area contributed by atoms with Crippen LogP contribution in [-0.4, -0.2) is 25.0 Å². The van der Waals surface area contributed by atoms with Crippen LogP contribution in [0.5, 0.6) is 5.75 Å². The van der Waals surface area contributed by atoms with Crippen LogP contribution in [0.3, 0.4) is 0 Å². The van der Waals surface area contributed by atoms with E-state index in [2.05, 4.69) is 10.6 Å². The molecule has 0 saturated heterocycles. The molecule has 0 spiro atoms. The third kappa shape index (κ3) is 4.73. The van der Waals surface area contributed by atoms with Crippen molar-refractivity contribution in [1.29, 1.82) is 0 Å². The molecule has 5 nitrogen and oxygen atoms in total. The average molecular weight is 360 g/mol. The van der Waals surface area contributed by atoms with Crippen LogP contribution in [0.2, 0.25) is 0 Å². The highest BCUT2D eigenvalue weighted by Gasteiger charge is 2.22. The fraction of sp³-hybridized carbons (Fsp3) is 0.0909. The number of amides is 1. The Morgan fingerprint density at radius 1 is 0.778 bits per heavy atom. The lowest BCUT2D eigenvalue weighted by Gasteiger charge is -2.20. The van der Waals surface area contributed by atoms with Gasteiger partial charge in [-0.05, 0) is 36.4 Å². The third-order valence-electron chi connectivity index (χ3n) is 4.03. The number of para-hydroxylation sites is 1. The van der Waals surface area contributed by atoms with Gasteiger partial charge in [-0.3, -0.25) is 9.59 Å². The van der Waals surface area contributed by atoms with Crippen LogP contribution in [0.4, 0.5) is 5.69 Å². The number of carbonyl (C=O) groups is 2. The summed E-state index contributed by atoms with van der Waals surface area (Å²) in [5, 5.41) is 5.87. The molecule has 0 aromatic heterocycles. The van der Waals surface area contributed by atoms with Gasteiger partial charge in [0.25, 0.3) is 5.91 Å². The van der Waals surface area contributed by atoms with E-state index in [0.717, 1.165) is 5.69 Å². The Bertz CT molecular complexity index is 894. The molecule has 1 amide bonds. The second-order valence-electron chi connectivity index (χ2n) is 5.88. The van der Waals surface area contributed by atoms with E-state index in [9.17, 15) is 9.59 Å². The molecule has 0 fully saturated rings. The van der Waals surface area contributed by atoms with E-state index in [1.54, 1.807) is 55.6 Å². The third-order valence-corrected chi connectivity index (χ3v) is 4.03. The van der Waals surface area contributed by atoms with E-state index in [0.29, 0.717) is 16.9 Å². The molecule has 0 aliphatic rings. The highest BCUT2D eigenvalue weighted by Crippen LogP contribution is 2.13. The quantitative estimate of drug-likeness (QED) is 0.497. The van der Waals surface area contributed by atoms with Crippen molar-refractivity contribution in [3.05, 3.63) is 96.1 Å². The lowest BCUT2D eigenvalue weighted by molar-refractivity contribution is 0.0869. The minimum absolute atomic E-state index is 0.221. The van der Waals surface area contributed by atoms with Crippen LogP contribution < -0.4 is 15.4 Å². The van der Waals surface area contributed by atoms with Crippen LogP contribution in [0.1, 0.15) is 20.7 Å². The first-order chi connectivity index (χ1) is 13.2. The number of hydrogen-bond acceptors (Lipinski definition) is 4. The number of nitrogens with one attached hydrogen (secondary N) is 2. The molecule has 3 aromatic rings. The number of anilines is 1. The molecule has 0 heterocycles. The van der Waals surface area contributed by atoms with Gasteiger partial charge < -0.3 is 15.4 Å². The number of methoxy groups -OCH3 is 1. The Kier molecular flexibility index (Phi) is 5.84. The number of rotatable bonds is 7. The van der Waals surface area contributed by atoms with Gasteiger partial charge in [-0.25, -0.2) is 0 Å². The molecule has 3 aromatic carbocycles. The van der Waals surface area contributed by atoms with E-state index >= 15 is 0 Å². The molecule has 0 unspecified atom stereocenters. The summed E-state index contributed by atoms with van der Waals surface area (Å²) in [7, 11) is 1.56. The Hall–Kier alpha value is -3.60. The summed E-state index contributed by atoms with van der Waals surface area (Å²) in [6, 6.07) is 24.9. The van der Waals surface area contributed by atoms with Gasteiger partial charge in [0.2, 0.25) is 5.78 Å². The van der Waals surface area contributed by atoms with Gasteiger partial charge in [0.15, 0.2) is 6.17 Å². The van der Waals surface area contributed by atoms with Crippen molar-refractivity contribution < 1.29 is 14.3 Å². The number of carbonyl (C=O) groups excluding carboxylic acids is 2. The molecule has 5 heteroatoms. The lowest BCUT2D eigenvalue weighted by Crippen LogP contribution is -2.46. The van der Waals surface area contributed by atoms with Gasteiger partial charge >= 0.3 is 0 Å². The molecule has 0 aliphatic carbocycles. The fourth-order valence-corrected chi connectivity index (χ4v) is 2.59. The minimum Gasteiger partial charge on any atom is -0.497 e. The monoisotopic (exact) mass is 360 g/mol. The van der Waals surface area contributed by atoms with E-state index in [1.807, 2.05) is 36.4 Å². The van der Waals surface area contributed by atoms with Crippen molar-refractivity contribution in [3.8, 4) is 5.75 Å². The first-order valence-corrected chi connectivity index (χ1v) is 8.53. The molecule has 3 rings (SSSR count). The second kappa shape index (κ2) is 8.67. The molecule has 27 heavy (non-hydrogen) atoms.